The smallest absolute Gasteiger partial charge is 0.0228 e. The second-order valence-electron chi connectivity index (χ2n) is 5.20. The van der Waals surface area contributed by atoms with Crippen LogP contribution in [0.1, 0.15) is 47.5 Å². The zero-order valence-electron chi connectivity index (χ0n) is 9.80. The highest BCUT2D eigenvalue weighted by Crippen LogP contribution is 2.35. The van der Waals surface area contributed by atoms with Crippen LogP contribution in [0.25, 0.3) is 0 Å². The molecule has 0 amide bonds. The van der Waals surface area contributed by atoms with Gasteiger partial charge in [0.05, 0.1) is 0 Å². The molecule has 0 aromatic rings. The van der Waals surface area contributed by atoms with Crippen LogP contribution in [0.15, 0.2) is 11.6 Å². The predicted molar refractivity (Wildman–Crippen MR) is 59.6 cm³/mol. The van der Waals surface area contributed by atoms with Gasteiger partial charge in [-0.3, -0.25) is 0 Å². The van der Waals surface area contributed by atoms with E-state index in [2.05, 4.69) is 40.7 Å². The van der Waals surface area contributed by atoms with Gasteiger partial charge in [0.1, 0.15) is 0 Å². The molecule has 0 aliphatic heterocycles. The van der Waals surface area contributed by atoms with Crippen LogP contribution >= 0.6 is 0 Å². The van der Waals surface area contributed by atoms with E-state index in [9.17, 15) is 0 Å². The molecular formula is C13H24. The minimum absolute atomic E-state index is 0.760. The molecule has 0 saturated carbocycles. The summed E-state index contributed by atoms with van der Waals surface area (Å²) in [6.07, 6.45) is 5.27. The Balaban J connectivity index is 2.66. The first-order chi connectivity index (χ1) is 6.02. The molecule has 1 aliphatic rings. The molecular weight excluding hydrogens is 156 g/mol. The van der Waals surface area contributed by atoms with Gasteiger partial charge in [0.15, 0.2) is 0 Å². The quantitative estimate of drug-likeness (QED) is 0.557. The summed E-state index contributed by atoms with van der Waals surface area (Å²) in [6.45, 7) is 11.7. The fourth-order valence-corrected chi connectivity index (χ4v) is 2.56. The zero-order chi connectivity index (χ0) is 10.0. The van der Waals surface area contributed by atoms with E-state index in [4.69, 9.17) is 0 Å². The van der Waals surface area contributed by atoms with Crippen LogP contribution in [-0.2, 0) is 0 Å². The number of rotatable bonds is 2. The molecule has 1 rings (SSSR count). The van der Waals surface area contributed by atoms with Crippen molar-refractivity contribution in [2.24, 2.45) is 23.7 Å². The second kappa shape index (κ2) is 4.30. The van der Waals surface area contributed by atoms with E-state index in [1.54, 1.807) is 5.57 Å². The molecule has 1 unspecified atom stereocenters. The molecule has 0 saturated heterocycles. The van der Waals surface area contributed by atoms with Gasteiger partial charge in [-0.1, -0.05) is 46.3 Å². The maximum atomic E-state index is 2.53. The molecule has 0 heterocycles. The second-order valence-corrected chi connectivity index (χ2v) is 5.20. The van der Waals surface area contributed by atoms with Crippen LogP contribution < -0.4 is 0 Å². The Morgan fingerprint density at radius 1 is 1.23 bits per heavy atom. The topological polar surface area (TPSA) is 0 Å². The lowest BCUT2D eigenvalue weighted by atomic mass is 9.74. The first-order valence-corrected chi connectivity index (χ1v) is 5.73. The first-order valence-electron chi connectivity index (χ1n) is 5.73. The van der Waals surface area contributed by atoms with Crippen molar-refractivity contribution in [3.8, 4) is 0 Å². The summed E-state index contributed by atoms with van der Waals surface area (Å²) in [5.41, 5.74) is 1.68. The minimum Gasteiger partial charge on any atom is -0.0819 e. The van der Waals surface area contributed by atoms with E-state index in [0.717, 1.165) is 23.7 Å². The maximum Gasteiger partial charge on any atom is -0.0228 e. The van der Waals surface area contributed by atoms with E-state index in [-0.39, 0.29) is 0 Å². The Hall–Kier alpha value is -0.260. The molecule has 0 bridgehead atoms. The normalized spacial score (nSPS) is 29.6. The van der Waals surface area contributed by atoms with E-state index < -0.39 is 0 Å². The van der Waals surface area contributed by atoms with Gasteiger partial charge >= 0.3 is 0 Å². The van der Waals surface area contributed by atoms with Gasteiger partial charge in [0.2, 0.25) is 0 Å². The third kappa shape index (κ3) is 2.59. The molecule has 1 aliphatic carbocycles. The fraction of sp³-hybridized carbons (Fsp3) is 0.846. The van der Waals surface area contributed by atoms with Crippen LogP contribution in [0, 0.1) is 23.7 Å². The molecule has 13 heavy (non-hydrogen) atoms. The molecule has 0 nitrogen and oxygen atoms in total. The Morgan fingerprint density at radius 3 is 2.23 bits per heavy atom. The molecule has 76 valence electrons. The van der Waals surface area contributed by atoms with Gasteiger partial charge in [-0.2, -0.15) is 0 Å². The average molecular weight is 180 g/mol. The van der Waals surface area contributed by atoms with Crippen molar-refractivity contribution in [2.45, 2.75) is 47.5 Å². The summed E-state index contributed by atoms with van der Waals surface area (Å²) >= 11 is 0. The largest absolute Gasteiger partial charge is 0.0819 e. The maximum absolute atomic E-state index is 2.53. The predicted octanol–water partition coefficient (Wildman–Crippen LogP) is 4.27. The fourth-order valence-electron chi connectivity index (χ4n) is 2.56. The molecule has 0 heteroatoms. The van der Waals surface area contributed by atoms with E-state index >= 15 is 0 Å². The summed E-state index contributed by atoms with van der Waals surface area (Å²) in [5, 5.41) is 0. The highest BCUT2D eigenvalue weighted by Gasteiger charge is 2.24. The van der Waals surface area contributed by atoms with E-state index in [0.29, 0.717) is 0 Å². The molecule has 0 N–H and O–H groups in total. The summed E-state index contributed by atoms with van der Waals surface area (Å²) in [4.78, 5) is 0. The van der Waals surface area contributed by atoms with Crippen LogP contribution in [0.5, 0.6) is 0 Å². The van der Waals surface area contributed by atoms with Crippen molar-refractivity contribution >= 4 is 0 Å². The molecule has 2 atom stereocenters. The molecule has 0 radical (unpaired) electrons. The van der Waals surface area contributed by atoms with E-state index in [1.807, 2.05) is 0 Å². The van der Waals surface area contributed by atoms with Gasteiger partial charge < -0.3 is 0 Å². The van der Waals surface area contributed by atoms with Crippen molar-refractivity contribution in [2.75, 3.05) is 0 Å². The lowest BCUT2D eigenvalue weighted by molar-refractivity contribution is 0.273. The summed E-state index contributed by atoms with van der Waals surface area (Å²) in [5.74, 6) is 3.32. The van der Waals surface area contributed by atoms with Gasteiger partial charge in [-0.05, 0) is 36.5 Å². The molecule has 0 aromatic carbocycles. The summed E-state index contributed by atoms with van der Waals surface area (Å²) in [6, 6.07) is 0. The van der Waals surface area contributed by atoms with Gasteiger partial charge in [-0.25, -0.2) is 0 Å². The summed E-state index contributed by atoms with van der Waals surface area (Å²) in [7, 11) is 0. The average Bonchev–Trinajstić information content (AvgIpc) is 2.03. The van der Waals surface area contributed by atoms with Crippen molar-refractivity contribution < 1.29 is 0 Å². The van der Waals surface area contributed by atoms with Crippen molar-refractivity contribution in [3.63, 3.8) is 0 Å². The number of allylic oxidation sites excluding steroid dienone is 2. The standard InChI is InChI=1S/C13H24/c1-9(2)12-6-7-13(10(3)4)11(5)8-12/h8-11,13H,6-7H2,1-5H3/t11-,13?/m0/s1. The zero-order valence-corrected chi connectivity index (χ0v) is 9.80. The third-order valence-electron chi connectivity index (χ3n) is 3.52. The first kappa shape index (κ1) is 10.8. The van der Waals surface area contributed by atoms with Crippen molar-refractivity contribution in [1.82, 2.24) is 0 Å². The number of hydrogen-bond donors (Lipinski definition) is 0. The van der Waals surface area contributed by atoms with Gasteiger partial charge in [0, 0.05) is 0 Å². The third-order valence-corrected chi connectivity index (χ3v) is 3.52. The lowest BCUT2D eigenvalue weighted by Gasteiger charge is -2.32. The van der Waals surface area contributed by atoms with Crippen molar-refractivity contribution in [3.05, 3.63) is 11.6 Å². The monoisotopic (exact) mass is 180 g/mol. The molecule has 0 fully saturated rings. The van der Waals surface area contributed by atoms with E-state index in [1.165, 1.54) is 12.8 Å². The van der Waals surface area contributed by atoms with Crippen LogP contribution in [0.3, 0.4) is 0 Å². The minimum atomic E-state index is 0.760. The molecule has 0 aromatic heterocycles. The highest BCUT2D eigenvalue weighted by molar-refractivity contribution is 5.11. The Labute approximate surface area is 83.4 Å². The van der Waals surface area contributed by atoms with Crippen LogP contribution in [0.2, 0.25) is 0 Å². The van der Waals surface area contributed by atoms with Crippen LogP contribution in [0.4, 0.5) is 0 Å². The Bertz CT molecular complexity index is 186. The van der Waals surface area contributed by atoms with Crippen LogP contribution in [-0.4, -0.2) is 0 Å². The van der Waals surface area contributed by atoms with Crippen molar-refractivity contribution in [1.29, 1.82) is 0 Å². The Morgan fingerprint density at radius 2 is 1.85 bits per heavy atom. The number of hydrogen-bond acceptors (Lipinski definition) is 0. The summed E-state index contributed by atoms with van der Waals surface area (Å²) < 4.78 is 0. The SMILES string of the molecule is CC(C)C1=C[C@H](C)C(C(C)C)CC1. The lowest BCUT2D eigenvalue weighted by Crippen LogP contribution is -2.21. The highest BCUT2D eigenvalue weighted by atomic mass is 14.3. The van der Waals surface area contributed by atoms with Gasteiger partial charge in [-0.15, -0.1) is 0 Å². The Kier molecular flexibility index (Phi) is 3.58. The molecule has 0 spiro atoms. The van der Waals surface area contributed by atoms with Gasteiger partial charge in [0.25, 0.3) is 0 Å².